The molecule has 0 aliphatic heterocycles. The standard InChI is InChI=1S/C14H23N3O/c1-14(2,15)8-6-13(18)17(3)10-7-12-5-4-9-16-11-12/h4-5,9,11H,6-8,10,15H2,1-3H3. The maximum atomic E-state index is 11.9. The summed E-state index contributed by atoms with van der Waals surface area (Å²) in [7, 11) is 1.84. The molecule has 4 nitrogen and oxygen atoms in total. The molecule has 0 radical (unpaired) electrons. The molecule has 1 aromatic heterocycles. The van der Waals surface area contributed by atoms with E-state index in [1.807, 2.05) is 39.2 Å². The van der Waals surface area contributed by atoms with Crippen molar-refractivity contribution in [3.8, 4) is 0 Å². The molecule has 0 unspecified atom stereocenters. The maximum Gasteiger partial charge on any atom is 0.222 e. The van der Waals surface area contributed by atoms with Gasteiger partial charge < -0.3 is 10.6 Å². The summed E-state index contributed by atoms with van der Waals surface area (Å²) in [5, 5.41) is 0. The summed E-state index contributed by atoms with van der Waals surface area (Å²) >= 11 is 0. The van der Waals surface area contributed by atoms with Gasteiger partial charge in [0.25, 0.3) is 0 Å². The van der Waals surface area contributed by atoms with Crippen LogP contribution >= 0.6 is 0 Å². The number of aromatic nitrogens is 1. The average molecular weight is 249 g/mol. The zero-order valence-electron chi connectivity index (χ0n) is 11.5. The normalized spacial score (nSPS) is 11.3. The molecule has 1 rings (SSSR count). The second kappa shape index (κ2) is 6.50. The van der Waals surface area contributed by atoms with Gasteiger partial charge in [-0.15, -0.1) is 0 Å². The van der Waals surface area contributed by atoms with Crippen LogP contribution in [0.15, 0.2) is 24.5 Å². The molecule has 0 fully saturated rings. The zero-order valence-corrected chi connectivity index (χ0v) is 11.5. The highest BCUT2D eigenvalue weighted by atomic mass is 16.2. The number of hydrogen-bond donors (Lipinski definition) is 1. The fraction of sp³-hybridized carbons (Fsp3) is 0.571. The third-order valence-electron chi connectivity index (χ3n) is 2.87. The first-order chi connectivity index (χ1) is 8.38. The number of hydrogen-bond acceptors (Lipinski definition) is 3. The largest absolute Gasteiger partial charge is 0.345 e. The third-order valence-corrected chi connectivity index (χ3v) is 2.87. The number of likely N-dealkylation sites (N-methyl/N-ethyl adjacent to an activating group) is 1. The van der Waals surface area contributed by atoms with Gasteiger partial charge in [-0.05, 0) is 38.3 Å². The van der Waals surface area contributed by atoms with Crippen molar-refractivity contribution in [3.63, 3.8) is 0 Å². The summed E-state index contributed by atoms with van der Waals surface area (Å²) in [5.74, 6) is 0.150. The summed E-state index contributed by atoms with van der Waals surface area (Å²) in [6.45, 7) is 4.60. The summed E-state index contributed by atoms with van der Waals surface area (Å²) in [6.07, 6.45) is 5.64. The van der Waals surface area contributed by atoms with E-state index in [-0.39, 0.29) is 11.4 Å². The second-order valence-electron chi connectivity index (χ2n) is 5.42. The van der Waals surface area contributed by atoms with Crippen LogP contribution in [0.5, 0.6) is 0 Å². The molecule has 100 valence electrons. The first-order valence-electron chi connectivity index (χ1n) is 6.30. The monoisotopic (exact) mass is 249 g/mol. The van der Waals surface area contributed by atoms with E-state index in [1.165, 1.54) is 0 Å². The van der Waals surface area contributed by atoms with Crippen LogP contribution in [0, 0.1) is 0 Å². The van der Waals surface area contributed by atoms with E-state index in [0.29, 0.717) is 12.8 Å². The number of pyridine rings is 1. The van der Waals surface area contributed by atoms with E-state index in [2.05, 4.69) is 4.98 Å². The highest BCUT2D eigenvalue weighted by Gasteiger charge is 2.15. The van der Waals surface area contributed by atoms with Gasteiger partial charge in [-0.1, -0.05) is 6.07 Å². The fourth-order valence-corrected chi connectivity index (χ4v) is 1.59. The van der Waals surface area contributed by atoms with E-state index < -0.39 is 0 Å². The summed E-state index contributed by atoms with van der Waals surface area (Å²) in [6, 6.07) is 3.93. The van der Waals surface area contributed by atoms with Gasteiger partial charge >= 0.3 is 0 Å². The van der Waals surface area contributed by atoms with Crippen LogP contribution in [0.3, 0.4) is 0 Å². The van der Waals surface area contributed by atoms with Crippen molar-refractivity contribution in [2.75, 3.05) is 13.6 Å². The number of amides is 1. The molecule has 0 bridgehead atoms. The van der Waals surface area contributed by atoms with Crippen LogP contribution < -0.4 is 5.73 Å². The minimum absolute atomic E-state index is 0.150. The molecule has 0 aromatic carbocycles. The predicted molar refractivity (Wildman–Crippen MR) is 73.1 cm³/mol. The van der Waals surface area contributed by atoms with Crippen LogP contribution in [-0.2, 0) is 11.2 Å². The number of carbonyl (C=O) groups is 1. The van der Waals surface area contributed by atoms with Crippen LogP contribution in [0.4, 0.5) is 0 Å². The van der Waals surface area contributed by atoms with E-state index in [9.17, 15) is 4.79 Å². The predicted octanol–water partition coefficient (Wildman–Crippen LogP) is 1.60. The lowest BCUT2D eigenvalue weighted by molar-refractivity contribution is -0.130. The maximum absolute atomic E-state index is 11.9. The molecule has 1 aromatic rings. The molecular weight excluding hydrogens is 226 g/mol. The minimum Gasteiger partial charge on any atom is -0.345 e. The topological polar surface area (TPSA) is 59.2 Å². The fourth-order valence-electron chi connectivity index (χ4n) is 1.59. The van der Waals surface area contributed by atoms with Crippen molar-refractivity contribution in [2.24, 2.45) is 5.73 Å². The van der Waals surface area contributed by atoms with Crippen LogP contribution in [0.1, 0.15) is 32.3 Å². The SMILES string of the molecule is CN(CCc1cccnc1)C(=O)CCC(C)(C)N. The van der Waals surface area contributed by atoms with E-state index in [0.717, 1.165) is 18.5 Å². The summed E-state index contributed by atoms with van der Waals surface area (Å²) in [5.41, 5.74) is 6.74. The van der Waals surface area contributed by atoms with Crippen LogP contribution in [0.25, 0.3) is 0 Å². The Morgan fingerprint density at radius 3 is 2.78 bits per heavy atom. The van der Waals surface area contributed by atoms with Crippen LogP contribution in [-0.4, -0.2) is 34.9 Å². The molecule has 2 N–H and O–H groups in total. The minimum atomic E-state index is -0.278. The smallest absolute Gasteiger partial charge is 0.222 e. The lowest BCUT2D eigenvalue weighted by Gasteiger charge is -2.21. The first kappa shape index (κ1) is 14.6. The van der Waals surface area contributed by atoms with Gasteiger partial charge in [0.15, 0.2) is 0 Å². The average Bonchev–Trinajstić information content (AvgIpc) is 2.33. The molecule has 0 spiro atoms. The molecule has 1 amide bonds. The van der Waals surface area contributed by atoms with Crippen molar-refractivity contribution >= 4 is 5.91 Å². The molecule has 1 heterocycles. The van der Waals surface area contributed by atoms with Gasteiger partial charge in [0.2, 0.25) is 5.91 Å². The van der Waals surface area contributed by atoms with Crippen molar-refractivity contribution in [2.45, 2.75) is 38.6 Å². The lowest BCUT2D eigenvalue weighted by Crippen LogP contribution is -2.35. The molecule has 0 aliphatic carbocycles. The Balaban J connectivity index is 2.32. The Kier molecular flexibility index (Phi) is 5.28. The molecule has 0 saturated heterocycles. The second-order valence-corrected chi connectivity index (χ2v) is 5.42. The molecule has 4 heteroatoms. The number of nitrogens with two attached hydrogens (primary N) is 1. The van der Waals surface area contributed by atoms with Crippen LogP contribution in [0.2, 0.25) is 0 Å². The lowest BCUT2D eigenvalue weighted by atomic mass is 10.00. The van der Waals surface area contributed by atoms with Crippen molar-refractivity contribution < 1.29 is 4.79 Å². The Bertz CT molecular complexity index is 370. The summed E-state index contributed by atoms with van der Waals surface area (Å²) < 4.78 is 0. The van der Waals surface area contributed by atoms with E-state index in [4.69, 9.17) is 5.73 Å². The van der Waals surface area contributed by atoms with Gasteiger partial charge in [-0.2, -0.15) is 0 Å². The Labute approximate surface area is 109 Å². The van der Waals surface area contributed by atoms with Crippen molar-refractivity contribution in [3.05, 3.63) is 30.1 Å². The highest BCUT2D eigenvalue weighted by molar-refractivity contribution is 5.75. The molecule has 0 aliphatic rings. The molecule has 18 heavy (non-hydrogen) atoms. The molecule has 0 atom stereocenters. The summed E-state index contributed by atoms with van der Waals surface area (Å²) in [4.78, 5) is 17.7. The van der Waals surface area contributed by atoms with Gasteiger partial charge in [0.05, 0.1) is 0 Å². The zero-order chi connectivity index (χ0) is 13.6. The quantitative estimate of drug-likeness (QED) is 0.833. The Morgan fingerprint density at radius 1 is 1.50 bits per heavy atom. The number of nitrogens with zero attached hydrogens (tertiary/aromatic N) is 2. The highest BCUT2D eigenvalue weighted by Crippen LogP contribution is 2.09. The third kappa shape index (κ3) is 5.77. The van der Waals surface area contributed by atoms with E-state index in [1.54, 1.807) is 11.1 Å². The molecular formula is C14H23N3O. The van der Waals surface area contributed by atoms with Crippen molar-refractivity contribution in [1.29, 1.82) is 0 Å². The number of carbonyl (C=O) groups excluding carboxylic acids is 1. The van der Waals surface area contributed by atoms with Gasteiger partial charge in [0.1, 0.15) is 0 Å². The first-order valence-corrected chi connectivity index (χ1v) is 6.30. The number of rotatable bonds is 6. The Hall–Kier alpha value is -1.42. The Morgan fingerprint density at radius 2 is 2.22 bits per heavy atom. The molecule has 0 saturated carbocycles. The van der Waals surface area contributed by atoms with Crippen molar-refractivity contribution in [1.82, 2.24) is 9.88 Å². The van der Waals surface area contributed by atoms with Gasteiger partial charge in [-0.3, -0.25) is 9.78 Å². The van der Waals surface area contributed by atoms with Gasteiger partial charge in [0, 0.05) is 37.9 Å². The van der Waals surface area contributed by atoms with E-state index >= 15 is 0 Å². The van der Waals surface area contributed by atoms with Gasteiger partial charge in [-0.25, -0.2) is 0 Å².